The molecule has 1 saturated carbocycles. The van der Waals surface area contributed by atoms with Crippen LogP contribution in [0.1, 0.15) is 42.4 Å². The van der Waals surface area contributed by atoms with Gasteiger partial charge in [0.25, 0.3) is 5.91 Å². The van der Waals surface area contributed by atoms with Crippen LogP contribution in [0.15, 0.2) is 41.7 Å². The van der Waals surface area contributed by atoms with E-state index in [1.165, 1.54) is 31.0 Å². The lowest BCUT2D eigenvalue weighted by Gasteiger charge is -2.62. The third-order valence-corrected chi connectivity index (χ3v) is 9.21. The molecule has 36 heavy (non-hydrogen) atoms. The van der Waals surface area contributed by atoms with Gasteiger partial charge in [0, 0.05) is 30.3 Å². The number of aromatic hydroxyl groups is 1. The third kappa shape index (κ3) is 2.77. The minimum atomic E-state index is -1.37. The molecule has 7 rings (SSSR count). The number of aliphatic hydroxyl groups excluding tert-OH is 1. The molecular formula is C28H29FN2O5. The summed E-state index contributed by atoms with van der Waals surface area (Å²) in [7, 11) is 0. The third-order valence-electron chi connectivity index (χ3n) is 9.21. The fourth-order valence-electron chi connectivity index (χ4n) is 7.30. The average Bonchev–Trinajstić information content (AvgIpc) is 3.58. The maximum Gasteiger partial charge on any atom is 0.255 e. The van der Waals surface area contributed by atoms with Crippen molar-refractivity contribution in [1.29, 1.82) is 0 Å². The Labute approximate surface area is 208 Å². The van der Waals surface area contributed by atoms with Gasteiger partial charge in [-0.05, 0) is 80.5 Å². The van der Waals surface area contributed by atoms with Crippen molar-refractivity contribution in [2.45, 2.75) is 62.2 Å². The number of phenolic OH excluding ortho intramolecular Hbond substituents is 1. The first-order valence-corrected chi connectivity index (χ1v) is 12.7. The van der Waals surface area contributed by atoms with E-state index in [1.807, 2.05) is 6.07 Å². The number of carbonyl (C=O) groups is 1. The fraction of sp³-hybridized carbons (Fsp3) is 0.464. The Morgan fingerprint density at radius 1 is 1.25 bits per heavy atom. The summed E-state index contributed by atoms with van der Waals surface area (Å²) in [6, 6.07) is 7.54. The lowest BCUT2D eigenvalue weighted by molar-refractivity contribution is -0.172. The molecule has 2 aliphatic heterocycles. The normalized spacial score (nSPS) is 32.2. The van der Waals surface area contributed by atoms with Crippen LogP contribution in [0.25, 0.3) is 0 Å². The molecule has 3 aliphatic carbocycles. The molecule has 2 fully saturated rings. The van der Waals surface area contributed by atoms with Crippen molar-refractivity contribution in [2.75, 3.05) is 18.4 Å². The zero-order valence-corrected chi connectivity index (χ0v) is 20.1. The SMILES string of the molecule is Cc1cc(NC(=O)C2=C(O)[C@@H]3Oc4c(O)ccc5c4[C@@]34CCN(CC3CC3)[C@H](C5)[C@]4(O)C2)ccc1F. The molecule has 2 bridgehead atoms. The molecule has 8 heteroatoms. The first-order valence-electron chi connectivity index (χ1n) is 12.7. The second kappa shape index (κ2) is 7.23. The molecule has 5 aliphatic rings. The number of phenols is 1. The van der Waals surface area contributed by atoms with E-state index in [2.05, 4.69) is 10.2 Å². The number of halogens is 1. The molecule has 2 aromatic rings. The summed E-state index contributed by atoms with van der Waals surface area (Å²) in [5.41, 5.74) is 0.340. The van der Waals surface area contributed by atoms with Crippen LogP contribution in [0.2, 0.25) is 0 Å². The Kier molecular flexibility index (Phi) is 4.44. The van der Waals surface area contributed by atoms with Crippen molar-refractivity contribution >= 4 is 11.6 Å². The number of carbonyl (C=O) groups excluding carboxylic acids is 1. The van der Waals surface area contributed by atoms with Crippen molar-refractivity contribution in [3.63, 3.8) is 0 Å². The van der Waals surface area contributed by atoms with E-state index in [1.54, 1.807) is 13.0 Å². The number of hydrogen-bond donors (Lipinski definition) is 4. The highest BCUT2D eigenvalue weighted by atomic mass is 19.1. The van der Waals surface area contributed by atoms with Crippen LogP contribution >= 0.6 is 0 Å². The minimum Gasteiger partial charge on any atom is -0.508 e. The van der Waals surface area contributed by atoms with Gasteiger partial charge in [-0.15, -0.1) is 0 Å². The molecule has 2 aromatic carbocycles. The summed E-state index contributed by atoms with van der Waals surface area (Å²) in [5, 5.41) is 37.5. The molecule has 7 nitrogen and oxygen atoms in total. The fourth-order valence-corrected chi connectivity index (χ4v) is 7.30. The van der Waals surface area contributed by atoms with E-state index in [0.29, 0.717) is 35.8 Å². The highest BCUT2D eigenvalue weighted by Crippen LogP contribution is 2.66. The highest BCUT2D eigenvalue weighted by Gasteiger charge is 2.73. The zero-order valence-electron chi connectivity index (χ0n) is 20.1. The van der Waals surface area contributed by atoms with Crippen molar-refractivity contribution in [3.8, 4) is 11.5 Å². The predicted octanol–water partition coefficient (Wildman–Crippen LogP) is 3.46. The summed E-state index contributed by atoms with van der Waals surface area (Å²) < 4.78 is 20.0. The Hall–Kier alpha value is -3.10. The molecule has 4 atom stereocenters. The van der Waals surface area contributed by atoms with Gasteiger partial charge in [0.15, 0.2) is 17.6 Å². The van der Waals surface area contributed by atoms with Crippen LogP contribution in [-0.2, 0) is 16.6 Å². The average molecular weight is 493 g/mol. The van der Waals surface area contributed by atoms with Gasteiger partial charge in [-0.3, -0.25) is 9.69 Å². The van der Waals surface area contributed by atoms with Crippen molar-refractivity contribution < 1.29 is 29.2 Å². The molecule has 0 unspecified atom stereocenters. The van der Waals surface area contributed by atoms with E-state index in [9.17, 15) is 24.5 Å². The van der Waals surface area contributed by atoms with Crippen molar-refractivity contribution in [1.82, 2.24) is 4.90 Å². The van der Waals surface area contributed by atoms with Gasteiger partial charge in [-0.2, -0.15) is 0 Å². The number of aliphatic hydroxyl groups is 2. The van der Waals surface area contributed by atoms with Gasteiger partial charge in [0.05, 0.1) is 16.6 Å². The van der Waals surface area contributed by atoms with E-state index < -0.39 is 23.0 Å². The minimum absolute atomic E-state index is 0.0284. The van der Waals surface area contributed by atoms with E-state index in [0.717, 1.165) is 24.2 Å². The summed E-state index contributed by atoms with van der Waals surface area (Å²) in [4.78, 5) is 15.8. The van der Waals surface area contributed by atoms with Crippen LogP contribution in [0.3, 0.4) is 0 Å². The topological polar surface area (TPSA) is 102 Å². The first kappa shape index (κ1) is 22.1. The van der Waals surface area contributed by atoms with E-state index >= 15 is 0 Å². The molecule has 1 saturated heterocycles. The Morgan fingerprint density at radius 3 is 2.81 bits per heavy atom. The summed E-state index contributed by atoms with van der Waals surface area (Å²) in [5.74, 6) is -0.238. The second-order valence-corrected chi connectivity index (χ2v) is 11.2. The number of nitrogens with zero attached hydrogens (tertiary/aromatic N) is 1. The predicted molar refractivity (Wildman–Crippen MR) is 130 cm³/mol. The summed E-state index contributed by atoms with van der Waals surface area (Å²) in [6.45, 7) is 3.27. The van der Waals surface area contributed by atoms with Crippen LogP contribution in [0, 0.1) is 18.7 Å². The number of piperidine rings is 1. The summed E-state index contributed by atoms with van der Waals surface area (Å²) in [6.07, 6.45) is 2.51. The number of nitrogens with one attached hydrogen (secondary N) is 1. The monoisotopic (exact) mass is 492 g/mol. The largest absolute Gasteiger partial charge is 0.508 e. The maximum absolute atomic E-state index is 13.7. The van der Waals surface area contributed by atoms with Crippen LogP contribution in [0.5, 0.6) is 11.5 Å². The zero-order chi connectivity index (χ0) is 25.0. The van der Waals surface area contributed by atoms with Crippen LogP contribution < -0.4 is 10.1 Å². The number of rotatable bonds is 4. The molecule has 2 heterocycles. The van der Waals surface area contributed by atoms with Gasteiger partial charge in [0.2, 0.25) is 0 Å². The first-order chi connectivity index (χ1) is 17.2. The molecule has 1 spiro atoms. The number of benzene rings is 2. The van der Waals surface area contributed by atoms with Gasteiger partial charge in [0.1, 0.15) is 11.6 Å². The number of hydrogen-bond acceptors (Lipinski definition) is 6. The summed E-state index contributed by atoms with van der Waals surface area (Å²) >= 11 is 0. The molecular weight excluding hydrogens is 463 g/mol. The van der Waals surface area contributed by atoms with Gasteiger partial charge in [-0.1, -0.05) is 6.07 Å². The quantitative estimate of drug-likeness (QED) is 0.522. The molecule has 188 valence electrons. The molecule has 4 N–H and O–H groups in total. The van der Waals surface area contributed by atoms with Crippen LogP contribution in [-0.4, -0.2) is 57.0 Å². The smallest absolute Gasteiger partial charge is 0.255 e. The lowest BCUT2D eigenvalue weighted by Crippen LogP contribution is -2.75. The Balaban J connectivity index is 1.34. The second-order valence-electron chi connectivity index (χ2n) is 11.2. The molecule has 1 amide bonds. The standard InChI is InChI=1S/C28H29FN2O5/c1-14-10-17(5-6-19(14)29)30-26(34)18-12-28(35)21-11-16-4-7-20(32)24-22(16)27(28,25(36-24)23(18)33)8-9-31(21)13-15-2-3-15/h4-7,10,15,21,25,32-33,35H,2-3,8-9,11-13H2,1H3,(H,30,34)/t21-,25+,27+,28-/m1/s1. The number of anilines is 1. The van der Waals surface area contributed by atoms with Gasteiger partial charge >= 0.3 is 0 Å². The maximum atomic E-state index is 13.7. The molecule has 0 aromatic heterocycles. The van der Waals surface area contributed by atoms with Crippen molar-refractivity contribution in [2.24, 2.45) is 5.92 Å². The lowest BCUT2D eigenvalue weighted by atomic mass is 9.49. The number of aryl methyl sites for hydroxylation is 1. The Bertz CT molecular complexity index is 1350. The van der Waals surface area contributed by atoms with Crippen LogP contribution in [0.4, 0.5) is 10.1 Å². The number of ether oxygens (including phenoxy) is 1. The van der Waals surface area contributed by atoms with Crippen molar-refractivity contribution in [3.05, 3.63) is 64.2 Å². The number of amides is 1. The Morgan fingerprint density at radius 2 is 2.06 bits per heavy atom. The van der Waals surface area contributed by atoms with Gasteiger partial charge in [-0.25, -0.2) is 4.39 Å². The van der Waals surface area contributed by atoms with E-state index in [-0.39, 0.29) is 35.4 Å². The molecule has 0 radical (unpaired) electrons. The number of likely N-dealkylation sites (tertiary alicyclic amines) is 1. The van der Waals surface area contributed by atoms with E-state index in [4.69, 9.17) is 4.74 Å². The highest BCUT2D eigenvalue weighted by molar-refractivity contribution is 6.04. The van der Waals surface area contributed by atoms with Gasteiger partial charge < -0.3 is 25.4 Å².